The summed E-state index contributed by atoms with van der Waals surface area (Å²) in [5.41, 5.74) is 0. The third-order valence-electron chi connectivity index (χ3n) is 4.53. The van der Waals surface area contributed by atoms with Crippen molar-refractivity contribution >= 4 is 11.3 Å². The molecule has 0 aromatic carbocycles. The molecule has 23 heavy (non-hydrogen) atoms. The van der Waals surface area contributed by atoms with Gasteiger partial charge < -0.3 is 4.74 Å². The van der Waals surface area contributed by atoms with E-state index in [-0.39, 0.29) is 0 Å². The number of aryl methyl sites for hydroxylation is 1. The van der Waals surface area contributed by atoms with Gasteiger partial charge in [0.15, 0.2) is 0 Å². The van der Waals surface area contributed by atoms with E-state index in [0.29, 0.717) is 0 Å². The van der Waals surface area contributed by atoms with Gasteiger partial charge in [-0.15, -0.1) is 11.3 Å². The first-order valence-electron chi connectivity index (χ1n) is 10.1. The molecule has 0 fully saturated rings. The van der Waals surface area contributed by atoms with E-state index in [2.05, 4.69) is 25.3 Å². The van der Waals surface area contributed by atoms with E-state index in [1.54, 1.807) is 0 Å². The van der Waals surface area contributed by atoms with Crippen molar-refractivity contribution in [3.05, 3.63) is 16.3 Å². The van der Waals surface area contributed by atoms with Crippen LogP contribution in [0.4, 0.5) is 0 Å². The Hall–Kier alpha value is -0.500. The molecular weight excluding hydrogens is 300 g/mol. The van der Waals surface area contributed by atoms with Gasteiger partial charge >= 0.3 is 0 Å². The summed E-state index contributed by atoms with van der Waals surface area (Å²) >= 11 is 1.81. The lowest BCUT2D eigenvalue weighted by Gasteiger charge is -2.06. The molecule has 0 aliphatic rings. The Balaban J connectivity index is 1.78. The monoisotopic (exact) mass is 338 g/mol. The maximum atomic E-state index is 5.88. The summed E-state index contributed by atoms with van der Waals surface area (Å²) < 4.78 is 5.88. The van der Waals surface area contributed by atoms with Crippen molar-refractivity contribution < 1.29 is 4.74 Å². The molecule has 2 heteroatoms. The van der Waals surface area contributed by atoms with Crippen LogP contribution in [-0.4, -0.2) is 6.61 Å². The summed E-state index contributed by atoms with van der Waals surface area (Å²) in [5.74, 6) is 1.12. The molecule has 1 heterocycles. The summed E-state index contributed by atoms with van der Waals surface area (Å²) in [7, 11) is 0. The van der Waals surface area contributed by atoms with E-state index in [1.165, 1.54) is 88.3 Å². The van der Waals surface area contributed by atoms with Gasteiger partial charge in [-0.25, -0.2) is 0 Å². The summed E-state index contributed by atoms with van der Waals surface area (Å²) in [4.78, 5) is 1.39. The highest BCUT2D eigenvalue weighted by Crippen LogP contribution is 2.25. The molecule has 1 aromatic rings. The highest BCUT2D eigenvalue weighted by atomic mass is 32.1. The number of rotatable bonds is 16. The van der Waals surface area contributed by atoms with E-state index in [0.717, 1.165) is 18.8 Å². The second-order valence-electron chi connectivity index (χ2n) is 6.65. The molecule has 0 aliphatic carbocycles. The minimum atomic E-state index is 0.890. The van der Waals surface area contributed by atoms with Crippen LogP contribution < -0.4 is 4.74 Å². The van der Waals surface area contributed by atoms with Crippen LogP contribution in [0.25, 0.3) is 0 Å². The first-order valence-corrected chi connectivity index (χ1v) is 11.0. The van der Waals surface area contributed by atoms with Crippen molar-refractivity contribution in [2.24, 2.45) is 0 Å². The summed E-state index contributed by atoms with van der Waals surface area (Å²) in [5, 5.41) is 2.14. The van der Waals surface area contributed by atoms with Crippen LogP contribution in [0.2, 0.25) is 0 Å². The fourth-order valence-corrected chi connectivity index (χ4v) is 3.78. The third-order valence-corrected chi connectivity index (χ3v) is 5.58. The number of thiophene rings is 1. The number of ether oxygens (including phenoxy) is 1. The molecule has 1 nitrogen and oxygen atoms in total. The summed E-state index contributed by atoms with van der Waals surface area (Å²) in [6.07, 6.45) is 19.3. The van der Waals surface area contributed by atoms with Crippen LogP contribution in [0.15, 0.2) is 11.4 Å². The number of hydrogen-bond donors (Lipinski definition) is 0. The molecule has 0 bridgehead atoms. The van der Waals surface area contributed by atoms with Crippen LogP contribution in [0.5, 0.6) is 5.75 Å². The van der Waals surface area contributed by atoms with Crippen LogP contribution in [-0.2, 0) is 6.42 Å². The molecule has 0 unspecified atom stereocenters. The predicted octanol–water partition coefficient (Wildman–Crippen LogP) is 7.78. The minimum absolute atomic E-state index is 0.890. The van der Waals surface area contributed by atoms with Gasteiger partial charge in [-0.2, -0.15) is 0 Å². The Bertz CT molecular complexity index is 358. The standard InChI is InChI=1S/C21H38OS/c1-3-5-6-7-8-9-10-11-12-13-14-15-16-18-22-20-17-19-23-21(20)4-2/h17,19H,3-16,18H2,1-2H3. The normalized spacial score (nSPS) is 11.0. The van der Waals surface area contributed by atoms with Gasteiger partial charge in [0.25, 0.3) is 0 Å². The zero-order valence-electron chi connectivity index (χ0n) is 15.6. The Morgan fingerprint density at radius 3 is 1.78 bits per heavy atom. The molecular formula is C21H38OS. The Kier molecular flexibility index (Phi) is 13.4. The molecule has 0 spiro atoms. The van der Waals surface area contributed by atoms with E-state index in [9.17, 15) is 0 Å². The lowest BCUT2D eigenvalue weighted by Crippen LogP contribution is -1.97. The van der Waals surface area contributed by atoms with Crippen molar-refractivity contribution in [1.82, 2.24) is 0 Å². The van der Waals surface area contributed by atoms with Crippen molar-refractivity contribution in [3.63, 3.8) is 0 Å². The van der Waals surface area contributed by atoms with Gasteiger partial charge in [0.2, 0.25) is 0 Å². The van der Waals surface area contributed by atoms with E-state index < -0.39 is 0 Å². The maximum absolute atomic E-state index is 5.88. The Morgan fingerprint density at radius 2 is 1.26 bits per heavy atom. The molecule has 134 valence electrons. The molecule has 0 saturated carbocycles. The number of unbranched alkanes of at least 4 members (excludes halogenated alkanes) is 12. The molecule has 1 aromatic heterocycles. The quantitative estimate of drug-likeness (QED) is 0.280. The lowest BCUT2D eigenvalue weighted by molar-refractivity contribution is 0.303. The summed E-state index contributed by atoms with van der Waals surface area (Å²) in [6, 6.07) is 2.12. The van der Waals surface area contributed by atoms with E-state index in [1.807, 2.05) is 11.3 Å². The van der Waals surface area contributed by atoms with Crippen LogP contribution in [0.3, 0.4) is 0 Å². The van der Waals surface area contributed by atoms with Crippen LogP contribution in [0.1, 0.15) is 102 Å². The largest absolute Gasteiger partial charge is 0.492 e. The third kappa shape index (κ3) is 10.8. The van der Waals surface area contributed by atoms with Crippen molar-refractivity contribution in [2.45, 2.75) is 104 Å². The van der Waals surface area contributed by atoms with Crippen molar-refractivity contribution in [3.8, 4) is 5.75 Å². The molecule has 0 aliphatic heterocycles. The number of hydrogen-bond acceptors (Lipinski definition) is 2. The smallest absolute Gasteiger partial charge is 0.133 e. The summed E-state index contributed by atoms with van der Waals surface area (Å²) in [6.45, 7) is 5.38. The highest BCUT2D eigenvalue weighted by molar-refractivity contribution is 7.10. The average molecular weight is 339 g/mol. The van der Waals surface area contributed by atoms with Gasteiger partial charge in [-0.05, 0) is 24.3 Å². The second kappa shape index (κ2) is 15.1. The lowest BCUT2D eigenvalue weighted by atomic mass is 10.0. The second-order valence-corrected chi connectivity index (χ2v) is 7.65. The molecule has 0 atom stereocenters. The Morgan fingerprint density at radius 1 is 0.739 bits per heavy atom. The maximum Gasteiger partial charge on any atom is 0.133 e. The van der Waals surface area contributed by atoms with Crippen LogP contribution >= 0.6 is 11.3 Å². The first-order chi connectivity index (χ1) is 11.4. The predicted molar refractivity (Wildman–Crippen MR) is 105 cm³/mol. The van der Waals surface area contributed by atoms with Crippen molar-refractivity contribution in [1.29, 1.82) is 0 Å². The highest BCUT2D eigenvalue weighted by Gasteiger charge is 2.02. The van der Waals surface area contributed by atoms with Gasteiger partial charge in [0.1, 0.15) is 5.75 Å². The zero-order valence-corrected chi connectivity index (χ0v) is 16.4. The molecule has 0 amide bonds. The van der Waals surface area contributed by atoms with Gasteiger partial charge in [0, 0.05) is 4.88 Å². The average Bonchev–Trinajstić information content (AvgIpc) is 3.02. The zero-order chi connectivity index (χ0) is 16.6. The van der Waals surface area contributed by atoms with Crippen LogP contribution in [0, 0.1) is 0 Å². The molecule has 0 radical (unpaired) electrons. The van der Waals surface area contributed by atoms with Gasteiger partial charge in [-0.1, -0.05) is 90.9 Å². The molecule has 0 N–H and O–H groups in total. The van der Waals surface area contributed by atoms with Gasteiger partial charge in [-0.3, -0.25) is 0 Å². The van der Waals surface area contributed by atoms with E-state index >= 15 is 0 Å². The first kappa shape index (κ1) is 20.5. The van der Waals surface area contributed by atoms with Crippen molar-refractivity contribution in [2.75, 3.05) is 6.61 Å². The molecule has 0 saturated heterocycles. The topological polar surface area (TPSA) is 9.23 Å². The molecule has 1 rings (SSSR count). The van der Waals surface area contributed by atoms with E-state index in [4.69, 9.17) is 4.74 Å². The fraction of sp³-hybridized carbons (Fsp3) is 0.810. The Labute approximate surface area is 148 Å². The fourth-order valence-electron chi connectivity index (χ4n) is 3.02. The minimum Gasteiger partial charge on any atom is -0.492 e. The van der Waals surface area contributed by atoms with Gasteiger partial charge in [0.05, 0.1) is 6.61 Å². The SMILES string of the molecule is CCCCCCCCCCCCCCCOc1ccsc1CC.